The van der Waals surface area contributed by atoms with Crippen molar-refractivity contribution in [3.8, 4) is 0 Å². The first-order valence-electron chi connectivity index (χ1n) is 5.20. The first-order valence-corrected chi connectivity index (χ1v) is 5.20. The summed E-state index contributed by atoms with van der Waals surface area (Å²) in [5.74, 6) is 0.845. The molecule has 0 amide bonds. The first kappa shape index (κ1) is 9.44. The predicted molar refractivity (Wildman–Crippen MR) is 50.5 cm³/mol. The average molecular weight is 185 g/mol. The summed E-state index contributed by atoms with van der Waals surface area (Å²) in [7, 11) is 0. The molecule has 1 aliphatic heterocycles. The van der Waals surface area contributed by atoms with Gasteiger partial charge in [0.05, 0.1) is 13.2 Å². The van der Waals surface area contributed by atoms with Crippen LogP contribution in [0.1, 0.15) is 19.3 Å². The highest BCUT2D eigenvalue weighted by Gasteiger charge is 2.34. The van der Waals surface area contributed by atoms with Crippen LogP contribution in [0, 0.1) is 11.3 Å². The summed E-state index contributed by atoms with van der Waals surface area (Å²) < 4.78 is 11.0. The second-order valence-electron chi connectivity index (χ2n) is 4.47. The van der Waals surface area contributed by atoms with Gasteiger partial charge in [0, 0.05) is 25.2 Å². The van der Waals surface area contributed by atoms with Crippen molar-refractivity contribution < 1.29 is 9.47 Å². The third-order valence-corrected chi connectivity index (χ3v) is 3.08. The van der Waals surface area contributed by atoms with E-state index in [1.54, 1.807) is 0 Å². The maximum absolute atomic E-state index is 5.74. The lowest BCUT2D eigenvalue weighted by molar-refractivity contribution is 0.0336. The summed E-state index contributed by atoms with van der Waals surface area (Å²) in [6.45, 7) is 4.05. The van der Waals surface area contributed by atoms with Gasteiger partial charge in [-0.05, 0) is 25.2 Å². The highest BCUT2D eigenvalue weighted by atomic mass is 16.5. The Hall–Kier alpha value is -0.120. The zero-order valence-electron chi connectivity index (χ0n) is 8.13. The van der Waals surface area contributed by atoms with E-state index in [9.17, 15) is 0 Å². The zero-order valence-corrected chi connectivity index (χ0v) is 8.13. The maximum atomic E-state index is 5.74. The molecular formula is C10H19NO2. The van der Waals surface area contributed by atoms with Crippen molar-refractivity contribution in [2.75, 3.05) is 33.0 Å². The Morgan fingerprint density at radius 1 is 1.46 bits per heavy atom. The van der Waals surface area contributed by atoms with E-state index in [0.29, 0.717) is 6.54 Å². The summed E-state index contributed by atoms with van der Waals surface area (Å²) in [4.78, 5) is 0. The van der Waals surface area contributed by atoms with Crippen molar-refractivity contribution in [2.45, 2.75) is 19.3 Å². The largest absolute Gasteiger partial charge is 0.381 e. The minimum atomic E-state index is 0.134. The molecule has 0 aromatic rings. The SMILES string of the molecule is NCC1(COCC2CC2)CCOC1. The number of hydrogen-bond donors (Lipinski definition) is 1. The van der Waals surface area contributed by atoms with Crippen LogP contribution in [0.25, 0.3) is 0 Å². The Balaban J connectivity index is 1.69. The third-order valence-electron chi connectivity index (χ3n) is 3.08. The number of ether oxygens (including phenoxy) is 2. The lowest BCUT2D eigenvalue weighted by Gasteiger charge is -2.24. The van der Waals surface area contributed by atoms with Crippen LogP contribution >= 0.6 is 0 Å². The number of rotatable bonds is 5. The Labute approximate surface area is 79.6 Å². The lowest BCUT2D eigenvalue weighted by atomic mass is 9.89. The highest BCUT2D eigenvalue weighted by molar-refractivity contribution is 4.84. The normalized spacial score (nSPS) is 33.9. The van der Waals surface area contributed by atoms with Crippen LogP contribution in [0.3, 0.4) is 0 Å². The molecule has 2 aliphatic rings. The minimum absolute atomic E-state index is 0.134. The highest BCUT2D eigenvalue weighted by Crippen LogP contribution is 2.31. The van der Waals surface area contributed by atoms with Gasteiger partial charge in [-0.1, -0.05) is 0 Å². The van der Waals surface area contributed by atoms with E-state index in [0.717, 1.165) is 38.8 Å². The fourth-order valence-corrected chi connectivity index (χ4v) is 1.71. The number of hydrogen-bond acceptors (Lipinski definition) is 3. The molecule has 76 valence electrons. The fraction of sp³-hybridized carbons (Fsp3) is 1.00. The topological polar surface area (TPSA) is 44.5 Å². The van der Waals surface area contributed by atoms with Gasteiger partial charge < -0.3 is 15.2 Å². The van der Waals surface area contributed by atoms with Crippen molar-refractivity contribution in [2.24, 2.45) is 17.1 Å². The molecule has 0 aromatic heterocycles. The molecule has 2 N–H and O–H groups in total. The van der Waals surface area contributed by atoms with E-state index in [4.69, 9.17) is 15.2 Å². The third kappa shape index (κ3) is 2.42. The molecule has 1 atom stereocenters. The molecule has 1 unspecified atom stereocenters. The predicted octanol–water partition coefficient (Wildman–Crippen LogP) is 0.778. The van der Waals surface area contributed by atoms with E-state index in [1.165, 1.54) is 12.8 Å². The second kappa shape index (κ2) is 3.95. The molecule has 2 fully saturated rings. The molecule has 0 bridgehead atoms. The number of nitrogens with two attached hydrogens (primary N) is 1. The van der Waals surface area contributed by atoms with E-state index in [-0.39, 0.29) is 5.41 Å². The molecular weight excluding hydrogens is 166 g/mol. The lowest BCUT2D eigenvalue weighted by Crippen LogP contribution is -2.36. The van der Waals surface area contributed by atoms with Gasteiger partial charge >= 0.3 is 0 Å². The smallest absolute Gasteiger partial charge is 0.0557 e. The minimum Gasteiger partial charge on any atom is -0.381 e. The van der Waals surface area contributed by atoms with Crippen LogP contribution in [0.15, 0.2) is 0 Å². The molecule has 3 nitrogen and oxygen atoms in total. The van der Waals surface area contributed by atoms with E-state index < -0.39 is 0 Å². The van der Waals surface area contributed by atoms with E-state index >= 15 is 0 Å². The molecule has 1 aliphatic carbocycles. The molecule has 1 heterocycles. The molecule has 2 rings (SSSR count). The van der Waals surface area contributed by atoms with Gasteiger partial charge in [-0.25, -0.2) is 0 Å². The van der Waals surface area contributed by atoms with Crippen LogP contribution in [0.2, 0.25) is 0 Å². The quantitative estimate of drug-likeness (QED) is 0.688. The van der Waals surface area contributed by atoms with Crippen molar-refractivity contribution in [3.05, 3.63) is 0 Å². The standard InChI is InChI=1S/C10H19NO2/c11-6-10(3-4-12-7-10)8-13-5-9-1-2-9/h9H,1-8,11H2. The van der Waals surface area contributed by atoms with Crippen molar-refractivity contribution in [1.29, 1.82) is 0 Å². The summed E-state index contributed by atoms with van der Waals surface area (Å²) in [6.07, 6.45) is 3.77. The van der Waals surface area contributed by atoms with Crippen molar-refractivity contribution >= 4 is 0 Å². The van der Waals surface area contributed by atoms with Gasteiger partial charge in [0.2, 0.25) is 0 Å². The Morgan fingerprint density at radius 2 is 2.31 bits per heavy atom. The molecule has 0 spiro atoms. The monoisotopic (exact) mass is 185 g/mol. The summed E-state index contributed by atoms with van der Waals surface area (Å²) in [5, 5.41) is 0. The molecule has 0 aromatic carbocycles. The molecule has 0 radical (unpaired) electrons. The molecule has 3 heteroatoms. The van der Waals surface area contributed by atoms with E-state index in [2.05, 4.69) is 0 Å². The summed E-state index contributed by atoms with van der Waals surface area (Å²) in [6, 6.07) is 0. The van der Waals surface area contributed by atoms with Gasteiger partial charge in [0.25, 0.3) is 0 Å². The van der Waals surface area contributed by atoms with Gasteiger partial charge in [-0.15, -0.1) is 0 Å². The second-order valence-corrected chi connectivity index (χ2v) is 4.47. The van der Waals surface area contributed by atoms with Gasteiger partial charge in [-0.3, -0.25) is 0 Å². The molecule has 1 saturated heterocycles. The van der Waals surface area contributed by atoms with Gasteiger partial charge in [-0.2, -0.15) is 0 Å². The van der Waals surface area contributed by atoms with Crippen LogP contribution in [0.5, 0.6) is 0 Å². The van der Waals surface area contributed by atoms with Gasteiger partial charge in [0.1, 0.15) is 0 Å². The molecule has 1 saturated carbocycles. The summed E-state index contributed by atoms with van der Waals surface area (Å²) >= 11 is 0. The van der Waals surface area contributed by atoms with Crippen LogP contribution in [-0.2, 0) is 9.47 Å². The van der Waals surface area contributed by atoms with Gasteiger partial charge in [0.15, 0.2) is 0 Å². The van der Waals surface area contributed by atoms with Crippen LogP contribution in [0.4, 0.5) is 0 Å². The fourth-order valence-electron chi connectivity index (χ4n) is 1.71. The van der Waals surface area contributed by atoms with Crippen LogP contribution < -0.4 is 5.73 Å². The van der Waals surface area contributed by atoms with Crippen LogP contribution in [-0.4, -0.2) is 33.0 Å². The first-order chi connectivity index (χ1) is 6.35. The zero-order chi connectivity index (χ0) is 9.15. The maximum Gasteiger partial charge on any atom is 0.0557 e. The Bertz CT molecular complexity index is 162. The molecule has 13 heavy (non-hydrogen) atoms. The van der Waals surface area contributed by atoms with Crippen molar-refractivity contribution in [1.82, 2.24) is 0 Å². The average Bonchev–Trinajstić information content (AvgIpc) is 2.84. The van der Waals surface area contributed by atoms with Crippen molar-refractivity contribution in [3.63, 3.8) is 0 Å². The Kier molecular flexibility index (Phi) is 2.86. The summed E-state index contributed by atoms with van der Waals surface area (Å²) in [5.41, 5.74) is 5.88. The van der Waals surface area contributed by atoms with E-state index in [1.807, 2.05) is 0 Å². The Morgan fingerprint density at radius 3 is 2.85 bits per heavy atom.